The van der Waals surface area contributed by atoms with Crippen molar-refractivity contribution in [2.45, 2.75) is 19.3 Å². The van der Waals surface area contributed by atoms with Crippen molar-refractivity contribution in [2.24, 2.45) is 0 Å². The van der Waals surface area contributed by atoms with Gasteiger partial charge in [0.05, 0.1) is 44.8 Å². The van der Waals surface area contributed by atoms with Crippen LogP contribution in [-0.4, -0.2) is 19.1 Å². The van der Waals surface area contributed by atoms with Gasteiger partial charge in [-0.3, -0.25) is 0 Å². The number of hydrogen-bond acceptors (Lipinski definition) is 2. The van der Waals surface area contributed by atoms with Gasteiger partial charge in [0.2, 0.25) is 0 Å². The van der Waals surface area contributed by atoms with Crippen LogP contribution in [0.5, 0.6) is 0 Å². The third-order valence-corrected chi connectivity index (χ3v) is 13.7. The first-order valence-corrected chi connectivity index (χ1v) is 22.4. The van der Waals surface area contributed by atoms with E-state index in [1.165, 1.54) is 49.3 Å². The van der Waals surface area contributed by atoms with Crippen LogP contribution >= 0.6 is 0 Å². The maximum atomic E-state index is 5.49. The van der Waals surface area contributed by atoms with Gasteiger partial charge < -0.3 is 9.13 Å². The predicted molar refractivity (Wildman–Crippen MR) is 270 cm³/mol. The summed E-state index contributed by atoms with van der Waals surface area (Å²) in [6.45, 7) is 4.78. The van der Waals surface area contributed by atoms with E-state index in [9.17, 15) is 0 Å². The molecule has 0 aliphatic heterocycles. The Labute approximate surface area is 377 Å². The first kappa shape index (κ1) is 37.2. The second-order valence-electron chi connectivity index (χ2n) is 17.7. The summed E-state index contributed by atoms with van der Waals surface area (Å²) in [5.74, 6) is 0.664. The van der Waals surface area contributed by atoms with Gasteiger partial charge in [0.25, 0.3) is 0 Å². The fourth-order valence-electron chi connectivity index (χ4n) is 10.9. The molecule has 0 unspecified atom stereocenters. The molecule has 65 heavy (non-hydrogen) atoms. The van der Waals surface area contributed by atoms with E-state index in [0.29, 0.717) is 5.82 Å². The van der Waals surface area contributed by atoms with Gasteiger partial charge in [-0.1, -0.05) is 190 Å². The van der Waals surface area contributed by atoms with E-state index in [1.807, 2.05) is 0 Å². The monoisotopic (exact) mass is 830 g/mol. The number of hydrogen-bond donors (Lipinski definition) is 0. The number of nitrogens with zero attached hydrogens (tertiary/aromatic N) is 4. The van der Waals surface area contributed by atoms with Crippen LogP contribution in [-0.2, 0) is 5.41 Å². The number of aromatic nitrogens is 4. The van der Waals surface area contributed by atoms with Gasteiger partial charge in [-0.15, -0.1) is 0 Å². The normalized spacial score (nSPS) is 12.9. The maximum Gasteiger partial charge on any atom is 0.161 e. The summed E-state index contributed by atoms with van der Waals surface area (Å²) < 4.78 is 4.94. The molecule has 1 aliphatic carbocycles. The molecule has 3 aromatic heterocycles. The van der Waals surface area contributed by atoms with Gasteiger partial charge in [-0.2, -0.15) is 0 Å². The van der Waals surface area contributed by atoms with Gasteiger partial charge in [0.1, 0.15) is 0 Å². The van der Waals surface area contributed by atoms with Crippen LogP contribution in [0.25, 0.3) is 111 Å². The molecule has 0 amide bonds. The fraction of sp³-hybridized carbons (Fsp3) is 0.0492. The molecule has 0 atom stereocenters. The van der Waals surface area contributed by atoms with Crippen molar-refractivity contribution < 1.29 is 0 Å². The Morgan fingerprint density at radius 2 is 0.862 bits per heavy atom. The van der Waals surface area contributed by atoms with E-state index < -0.39 is 0 Å². The summed E-state index contributed by atoms with van der Waals surface area (Å²) in [6, 6.07) is 78.7. The molecule has 0 fully saturated rings. The van der Waals surface area contributed by atoms with Crippen molar-refractivity contribution >= 4 is 43.6 Å². The number of rotatable bonds is 6. The number of benzene rings is 9. The highest BCUT2D eigenvalue weighted by Crippen LogP contribution is 2.54. The molecule has 12 aromatic rings. The van der Waals surface area contributed by atoms with E-state index in [0.717, 1.165) is 67.1 Å². The van der Waals surface area contributed by atoms with Crippen LogP contribution < -0.4 is 0 Å². The Hall–Kier alpha value is -8.34. The van der Waals surface area contributed by atoms with Crippen LogP contribution in [0.2, 0.25) is 0 Å². The van der Waals surface area contributed by atoms with Gasteiger partial charge in [-0.25, -0.2) is 9.97 Å². The molecule has 0 radical (unpaired) electrons. The van der Waals surface area contributed by atoms with Crippen LogP contribution in [0.4, 0.5) is 0 Å². The van der Waals surface area contributed by atoms with Gasteiger partial charge in [0, 0.05) is 54.8 Å². The molecule has 0 saturated heterocycles. The predicted octanol–water partition coefficient (Wildman–Crippen LogP) is 15.6. The van der Waals surface area contributed by atoms with Gasteiger partial charge in [-0.05, 0) is 64.7 Å². The first-order valence-electron chi connectivity index (χ1n) is 22.4. The van der Waals surface area contributed by atoms with Crippen molar-refractivity contribution in [1.29, 1.82) is 0 Å². The standard InChI is InChI=1S/C61H42N4/c1-61(2)48-30-14-9-24-41(48)44-36-37-56-58(59(44)61)46-28-13-18-34-54(46)65(56)55-35-19-29-47(60-62-49(39-20-5-3-6-21-39)38-50(63-60)40-22-7-4-8-23-40)57(55)45-27-12-17-33-53(45)64-51-31-15-10-25-42(51)43-26-11-16-32-52(43)64/h3-38H,1-2H3. The molecule has 4 nitrogen and oxygen atoms in total. The molecular formula is C61H42N4. The zero-order chi connectivity index (χ0) is 43.2. The summed E-state index contributed by atoms with van der Waals surface area (Å²) in [7, 11) is 0. The van der Waals surface area contributed by atoms with Crippen LogP contribution in [0.15, 0.2) is 218 Å². The Balaban J connectivity index is 1.17. The minimum Gasteiger partial charge on any atom is -0.309 e. The number of para-hydroxylation sites is 4. The number of fused-ring (bicyclic) bond motifs is 10. The lowest BCUT2D eigenvalue weighted by molar-refractivity contribution is 0.666. The second kappa shape index (κ2) is 14.3. The molecule has 0 spiro atoms. The Bertz CT molecular complexity index is 3740. The van der Waals surface area contributed by atoms with Crippen molar-refractivity contribution in [3.05, 3.63) is 230 Å². The molecule has 13 rings (SSSR count). The summed E-state index contributed by atoms with van der Waals surface area (Å²) in [4.78, 5) is 11.0. The molecule has 0 N–H and O–H groups in total. The Morgan fingerprint density at radius 1 is 0.369 bits per heavy atom. The fourth-order valence-corrected chi connectivity index (χ4v) is 10.9. The summed E-state index contributed by atoms with van der Waals surface area (Å²) >= 11 is 0. The highest BCUT2D eigenvalue weighted by Gasteiger charge is 2.38. The maximum absolute atomic E-state index is 5.49. The molecule has 3 heterocycles. The zero-order valence-electron chi connectivity index (χ0n) is 36.1. The van der Waals surface area contributed by atoms with E-state index in [2.05, 4.69) is 241 Å². The molecule has 4 heteroatoms. The van der Waals surface area contributed by atoms with Crippen molar-refractivity contribution in [3.8, 4) is 67.5 Å². The quantitative estimate of drug-likeness (QED) is 0.167. The highest BCUT2D eigenvalue weighted by atomic mass is 15.0. The van der Waals surface area contributed by atoms with Gasteiger partial charge >= 0.3 is 0 Å². The van der Waals surface area contributed by atoms with E-state index in [1.54, 1.807) is 0 Å². The molecule has 9 aromatic carbocycles. The third-order valence-electron chi connectivity index (χ3n) is 13.7. The SMILES string of the molecule is CC1(C)c2ccccc2-c2ccc3c(c21)c1ccccc1n3-c1cccc(-c2nc(-c3ccccc3)cc(-c3ccccc3)n2)c1-c1ccccc1-n1c2ccccc2c2ccccc21. The average molecular weight is 831 g/mol. The first-order chi connectivity index (χ1) is 32.0. The molecule has 1 aliphatic rings. The second-order valence-corrected chi connectivity index (χ2v) is 17.7. The van der Waals surface area contributed by atoms with Gasteiger partial charge in [0.15, 0.2) is 5.82 Å². The van der Waals surface area contributed by atoms with E-state index in [-0.39, 0.29) is 5.41 Å². The van der Waals surface area contributed by atoms with E-state index >= 15 is 0 Å². The Morgan fingerprint density at radius 3 is 1.52 bits per heavy atom. The lowest BCUT2D eigenvalue weighted by atomic mass is 9.80. The smallest absolute Gasteiger partial charge is 0.161 e. The van der Waals surface area contributed by atoms with Crippen molar-refractivity contribution in [2.75, 3.05) is 0 Å². The summed E-state index contributed by atoms with van der Waals surface area (Å²) in [6.07, 6.45) is 0. The van der Waals surface area contributed by atoms with E-state index in [4.69, 9.17) is 9.97 Å². The largest absolute Gasteiger partial charge is 0.309 e. The average Bonchev–Trinajstić information content (AvgIpc) is 3.97. The van der Waals surface area contributed by atoms with Crippen molar-refractivity contribution in [3.63, 3.8) is 0 Å². The zero-order valence-corrected chi connectivity index (χ0v) is 36.1. The summed E-state index contributed by atoms with van der Waals surface area (Å²) in [5.41, 5.74) is 18.9. The summed E-state index contributed by atoms with van der Waals surface area (Å²) in [5, 5.41) is 4.97. The van der Waals surface area contributed by atoms with Crippen LogP contribution in [0, 0.1) is 0 Å². The minimum absolute atomic E-state index is 0.201. The van der Waals surface area contributed by atoms with Crippen molar-refractivity contribution in [1.82, 2.24) is 19.1 Å². The highest BCUT2D eigenvalue weighted by molar-refractivity contribution is 6.15. The lowest BCUT2D eigenvalue weighted by Crippen LogP contribution is -2.15. The lowest BCUT2D eigenvalue weighted by Gasteiger charge is -2.23. The third kappa shape index (κ3) is 5.57. The van der Waals surface area contributed by atoms with Crippen LogP contribution in [0.1, 0.15) is 25.0 Å². The Kier molecular flexibility index (Phi) is 8.22. The molecule has 0 saturated carbocycles. The van der Waals surface area contributed by atoms with Crippen LogP contribution in [0.3, 0.4) is 0 Å². The topological polar surface area (TPSA) is 35.6 Å². The molecule has 0 bridgehead atoms. The minimum atomic E-state index is -0.201. The molecule has 306 valence electrons. The molecular weight excluding hydrogens is 789 g/mol.